The fraction of sp³-hybridized carbons (Fsp3) is 0.786. The molecule has 0 unspecified atom stereocenters. The Kier molecular flexibility index (Phi) is 4.91. The Labute approximate surface area is 124 Å². The lowest BCUT2D eigenvalue weighted by atomic mass is 9.79. The lowest BCUT2D eigenvalue weighted by Crippen LogP contribution is -2.60. The number of ether oxygens (including phenoxy) is 2. The van der Waals surface area contributed by atoms with E-state index >= 15 is 0 Å². The van der Waals surface area contributed by atoms with Gasteiger partial charge in [-0.3, -0.25) is 4.90 Å². The molecule has 118 valence electrons. The Morgan fingerprint density at radius 2 is 1.62 bits per heavy atom. The van der Waals surface area contributed by atoms with Crippen LogP contribution in [0.3, 0.4) is 0 Å². The molecule has 7 nitrogen and oxygen atoms in total. The summed E-state index contributed by atoms with van der Waals surface area (Å²) in [6.07, 6.45) is 0.886. The van der Waals surface area contributed by atoms with E-state index in [1.54, 1.807) is 0 Å². The van der Waals surface area contributed by atoms with Crippen LogP contribution in [0, 0.1) is 0 Å². The standard InChI is InChI=1S/C14H23N3O4/c1-13(2)7-9(8-14(3,4)17(13)5)21-12(19)10(16-15)11(18)20-6/h9H,7-8H2,1-6H3. The minimum absolute atomic E-state index is 0.158. The third-order valence-corrected chi connectivity index (χ3v) is 4.22. The molecule has 0 spiro atoms. The largest absolute Gasteiger partial charge is 0.482 e. The number of esters is 2. The molecule has 0 aromatic rings. The molecule has 1 aliphatic heterocycles. The summed E-state index contributed by atoms with van der Waals surface area (Å²) in [4.78, 5) is 28.1. The second-order valence-corrected chi connectivity index (χ2v) is 6.56. The number of carbonyl (C=O) groups excluding carboxylic acids is 2. The maximum atomic E-state index is 11.9. The summed E-state index contributed by atoms with van der Waals surface area (Å²) in [5.41, 5.74) is 7.69. The molecule has 0 aromatic heterocycles. The molecule has 0 aliphatic carbocycles. The highest BCUT2D eigenvalue weighted by molar-refractivity contribution is 6.60. The molecule has 0 N–H and O–H groups in total. The summed E-state index contributed by atoms with van der Waals surface area (Å²) < 4.78 is 9.70. The van der Waals surface area contributed by atoms with Crippen LogP contribution in [0.5, 0.6) is 0 Å². The molecule has 0 saturated carbocycles. The normalized spacial score (nSPS) is 21.2. The molecule has 0 radical (unpaired) electrons. The van der Waals surface area contributed by atoms with Crippen LogP contribution in [0.1, 0.15) is 40.5 Å². The van der Waals surface area contributed by atoms with E-state index < -0.39 is 17.7 Å². The summed E-state index contributed by atoms with van der Waals surface area (Å²) in [6.45, 7) is 8.26. The van der Waals surface area contributed by atoms with Gasteiger partial charge in [-0.25, -0.2) is 9.59 Å². The molecule has 0 aromatic carbocycles. The lowest BCUT2D eigenvalue weighted by Gasteiger charge is -2.53. The monoisotopic (exact) mass is 297 g/mol. The van der Waals surface area contributed by atoms with Gasteiger partial charge in [0.2, 0.25) is 0 Å². The van der Waals surface area contributed by atoms with Crippen LogP contribution in [0.15, 0.2) is 0 Å². The van der Waals surface area contributed by atoms with Gasteiger partial charge in [0.25, 0.3) is 0 Å². The van der Waals surface area contributed by atoms with Crippen molar-refractivity contribution in [2.45, 2.75) is 57.7 Å². The third kappa shape index (κ3) is 3.68. The SMILES string of the molecule is COC(=O)C(=[N+]=[N-])C(=O)OC1CC(C)(C)N(C)C(C)(C)C1. The van der Waals surface area contributed by atoms with Gasteiger partial charge in [0.1, 0.15) is 6.10 Å². The van der Waals surface area contributed by atoms with E-state index in [0.29, 0.717) is 12.8 Å². The maximum Gasteiger partial charge on any atom is 0.482 e. The first-order valence-electron chi connectivity index (χ1n) is 6.80. The smallest absolute Gasteiger partial charge is 0.460 e. The van der Waals surface area contributed by atoms with Crippen LogP contribution < -0.4 is 0 Å². The van der Waals surface area contributed by atoms with Gasteiger partial charge in [-0.15, -0.1) is 0 Å². The van der Waals surface area contributed by atoms with Crippen molar-refractivity contribution in [1.29, 1.82) is 0 Å². The average Bonchev–Trinajstić information content (AvgIpc) is 2.35. The van der Waals surface area contributed by atoms with Crippen molar-refractivity contribution in [1.82, 2.24) is 4.90 Å². The van der Waals surface area contributed by atoms with Gasteiger partial charge in [-0.05, 0) is 34.7 Å². The number of hydrogen-bond donors (Lipinski definition) is 0. The number of methoxy groups -OCH3 is 1. The van der Waals surface area contributed by atoms with Crippen LogP contribution >= 0.6 is 0 Å². The predicted octanol–water partition coefficient (Wildman–Crippen LogP) is 1.02. The Balaban J connectivity index is 2.87. The highest BCUT2D eigenvalue weighted by Gasteiger charge is 2.45. The zero-order valence-corrected chi connectivity index (χ0v) is 13.5. The molecule has 1 rings (SSSR count). The van der Waals surface area contributed by atoms with Gasteiger partial charge >= 0.3 is 17.7 Å². The molecule has 0 bridgehead atoms. The maximum absolute atomic E-state index is 11.9. The Hall–Kier alpha value is -1.72. The first-order valence-corrected chi connectivity index (χ1v) is 6.80. The van der Waals surface area contributed by atoms with E-state index in [9.17, 15) is 9.59 Å². The van der Waals surface area contributed by atoms with Crippen molar-refractivity contribution in [3.63, 3.8) is 0 Å². The minimum atomic E-state index is -1.02. The van der Waals surface area contributed by atoms with Gasteiger partial charge in [0, 0.05) is 23.9 Å². The zero-order valence-electron chi connectivity index (χ0n) is 13.5. The average molecular weight is 297 g/mol. The molecular weight excluding hydrogens is 274 g/mol. The lowest BCUT2D eigenvalue weighted by molar-refractivity contribution is -0.158. The highest BCUT2D eigenvalue weighted by atomic mass is 16.6. The van der Waals surface area contributed by atoms with Crippen LogP contribution in [-0.4, -0.2) is 58.7 Å². The number of hydrogen-bond acceptors (Lipinski definition) is 5. The van der Waals surface area contributed by atoms with E-state index in [0.717, 1.165) is 7.11 Å². The molecular formula is C14H23N3O4. The molecule has 0 atom stereocenters. The fourth-order valence-corrected chi connectivity index (χ4v) is 2.83. The molecule has 21 heavy (non-hydrogen) atoms. The number of likely N-dealkylation sites (tertiary alicyclic amines) is 1. The first-order chi connectivity index (χ1) is 9.55. The van der Waals surface area contributed by atoms with Crippen LogP contribution in [0.25, 0.3) is 5.53 Å². The van der Waals surface area contributed by atoms with E-state index in [1.165, 1.54) is 0 Å². The van der Waals surface area contributed by atoms with Crippen molar-refractivity contribution in [2.75, 3.05) is 14.2 Å². The fourth-order valence-electron chi connectivity index (χ4n) is 2.83. The Bertz CT molecular complexity index is 474. The van der Waals surface area contributed by atoms with Crippen molar-refractivity contribution in [3.05, 3.63) is 5.53 Å². The topological polar surface area (TPSA) is 92.2 Å². The number of rotatable bonds is 3. The number of carbonyl (C=O) groups is 2. The Morgan fingerprint density at radius 3 is 2.00 bits per heavy atom. The summed E-state index contributed by atoms with van der Waals surface area (Å²) in [6, 6.07) is 0. The molecule has 1 fully saturated rings. The summed E-state index contributed by atoms with van der Waals surface area (Å²) in [5.74, 6) is -1.99. The van der Waals surface area contributed by atoms with Crippen molar-refractivity contribution >= 4 is 17.7 Å². The van der Waals surface area contributed by atoms with Gasteiger partial charge in [-0.2, -0.15) is 4.79 Å². The van der Waals surface area contributed by atoms with Gasteiger partial charge in [-0.1, -0.05) is 0 Å². The number of nitrogens with zero attached hydrogens (tertiary/aromatic N) is 3. The zero-order chi connectivity index (χ0) is 16.4. The molecule has 7 heteroatoms. The quantitative estimate of drug-likeness (QED) is 0.255. The Morgan fingerprint density at radius 1 is 1.14 bits per heavy atom. The van der Waals surface area contributed by atoms with Crippen LogP contribution in [-0.2, 0) is 19.1 Å². The first kappa shape index (κ1) is 17.3. The van der Waals surface area contributed by atoms with E-state index in [1.807, 2.05) is 7.05 Å². The van der Waals surface area contributed by atoms with Crippen LogP contribution in [0.4, 0.5) is 0 Å². The van der Waals surface area contributed by atoms with Crippen molar-refractivity contribution < 1.29 is 23.9 Å². The highest BCUT2D eigenvalue weighted by Crippen LogP contribution is 2.38. The molecule has 1 heterocycles. The summed E-state index contributed by atoms with van der Waals surface area (Å²) >= 11 is 0. The van der Waals surface area contributed by atoms with Gasteiger partial charge in [0.05, 0.1) is 7.11 Å². The van der Waals surface area contributed by atoms with E-state index in [2.05, 4.69) is 42.1 Å². The van der Waals surface area contributed by atoms with Crippen LogP contribution in [0.2, 0.25) is 0 Å². The van der Waals surface area contributed by atoms with E-state index in [4.69, 9.17) is 10.3 Å². The van der Waals surface area contributed by atoms with Gasteiger partial charge < -0.3 is 15.0 Å². The second-order valence-electron chi connectivity index (χ2n) is 6.56. The third-order valence-electron chi connectivity index (χ3n) is 4.22. The summed E-state index contributed by atoms with van der Waals surface area (Å²) in [7, 11) is 3.13. The summed E-state index contributed by atoms with van der Waals surface area (Å²) in [5, 5.41) is 0. The van der Waals surface area contributed by atoms with Crippen molar-refractivity contribution in [3.8, 4) is 0 Å². The number of piperidine rings is 1. The second kappa shape index (κ2) is 5.95. The molecule has 1 aliphatic rings. The molecule has 1 saturated heterocycles. The van der Waals surface area contributed by atoms with Crippen molar-refractivity contribution in [2.24, 2.45) is 0 Å². The minimum Gasteiger partial charge on any atom is -0.460 e. The predicted molar refractivity (Wildman–Crippen MR) is 75.7 cm³/mol. The van der Waals surface area contributed by atoms with E-state index in [-0.39, 0.29) is 17.2 Å². The molecule has 0 amide bonds. The van der Waals surface area contributed by atoms with Gasteiger partial charge in [0.15, 0.2) is 0 Å².